The van der Waals surface area contributed by atoms with Gasteiger partial charge in [-0.3, -0.25) is 0 Å². The molecular weight excluding hydrogens is 414 g/mol. The van der Waals surface area contributed by atoms with Gasteiger partial charge in [-0.2, -0.15) is 0 Å². The first-order valence-electron chi connectivity index (χ1n) is 12.9. The third-order valence-corrected chi connectivity index (χ3v) is 5.58. The van der Waals surface area contributed by atoms with Crippen LogP contribution in [0.4, 0.5) is 4.20 Å². The minimum absolute atomic E-state index is 1.33. The molecule has 0 bridgehead atoms. The van der Waals surface area contributed by atoms with E-state index in [-0.39, 0.29) is 0 Å². The quantitative estimate of drug-likeness (QED) is 0.216. The maximum absolute atomic E-state index is 10.1. The third kappa shape index (κ3) is 23.0. The van der Waals surface area contributed by atoms with Crippen LogP contribution in [0.5, 0.6) is 0 Å². The maximum atomic E-state index is 10.1. The molecule has 0 heterocycles. The summed E-state index contributed by atoms with van der Waals surface area (Å²) in [4.78, 5) is 16.9. The molecule has 0 spiro atoms. The van der Waals surface area contributed by atoms with E-state index in [1.807, 2.05) is 0 Å². The van der Waals surface area contributed by atoms with Crippen molar-refractivity contribution in [2.24, 2.45) is 0 Å². The minimum Gasteiger partial charge on any atom is -0.786 e. The van der Waals surface area contributed by atoms with Crippen LogP contribution < -0.4 is 9.79 Å². The molecule has 0 N–H and O–H groups in total. The van der Waals surface area contributed by atoms with Gasteiger partial charge in [-0.05, 0) is 51.4 Å². The van der Waals surface area contributed by atoms with Gasteiger partial charge in [0.1, 0.15) is 7.91 Å². The van der Waals surface area contributed by atoms with Gasteiger partial charge in [-0.25, -0.2) is 4.20 Å². The summed E-state index contributed by atoms with van der Waals surface area (Å²) in [7, 11) is -5.64. The second-order valence-electron chi connectivity index (χ2n) is 8.90. The Bertz CT molecular complexity index is 324. The van der Waals surface area contributed by atoms with Crippen molar-refractivity contribution in [2.45, 2.75) is 107 Å². The van der Waals surface area contributed by atoms with E-state index >= 15 is 0 Å². The number of rotatable bonds is 16. The van der Waals surface area contributed by atoms with Gasteiger partial charge in [0.25, 0.3) is 0 Å². The Balaban J connectivity index is -0.000000416. The SMILES string of the molecule is CCC[N+](CCC)(CCC)CCC.CCC[N+](CCC)(CCC)CCC.O=P([O-])([O-])F. The number of hydrogen-bond acceptors (Lipinski definition) is 3. The lowest BCUT2D eigenvalue weighted by atomic mass is 10.2. The summed E-state index contributed by atoms with van der Waals surface area (Å²) in [6, 6.07) is 0. The van der Waals surface area contributed by atoms with E-state index in [2.05, 4.69) is 55.4 Å². The van der Waals surface area contributed by atoms with Gasteiger partial charge in [-0.1, -0.05) is 55.4 Å². The molecule has 0 unspecified atom stereocenters. The zero-order valence-corrected chi connectivity index (χ0v) is 23.2. The van der Waals surface area contributed by atoms with Crippen LogP contribution in [-0.2, 0) is 4.57 Å². The van der Waals surface area contributed by atoms with Gasteiger partial charge in [0.05, 0.1) is 52.4 Å². The molecule has 0 saturated heterocycles. The molecular formula is C24H56FN2O3P. The summed E-state index contributed by atoms with van der Waals surface area (Å²) in [5.74, 6) is 0. The molecule has 0 amide bonds. The number of halogens is 1. The molecule has 0 fully saturated rings. The van der Waals surface area contributed by atoms with Gasteiger partial charge in [0.2, 0.25) is 0 Å². The van der Waals surface area contributed by atoms with E-state index in [0.717, 1.165) is 0 Å². The molecule has 192 valence electrons. The van der Waals surface area contributed by atoms with Crippen LogP contribution in [0.25, 0.3) is 0 Å². The van der Waals surface area contributed by atoms with Crippen molar-refractivity contribution >= 4 is 7.91 Å². The molecule has 0 aliphatic carbocycles. The predicted molar refractivity (Wildman–Crippen MR) is 130 cm³/mol. The summed E-state index contributed by atoms with van der Waals surface area (Å²) in [6.45, 7) is 29.6. The second kappa shape index (κ2) is 21.8. The zero-order valence-electron chi connectivity index (χ0n) is 22.3. The van der Waals surface area contributed by atoms with Crippen LogP contribution in [0, 0.1) is 0 Å². The molecule has 31 heavy (non-hydrogen) atoms. The van der Waals surface area contributed by atoms with Crippen molar-refractivity contribution in [1.82, 2.24) is 0 Å². The van der Waals surface area contributed by atoms with Crippen LogP contribution in [0.2, 0.25) is 0 Å². The Kier molecular flexibility index (Phi) is 25.1. The van der Waals surface area contributed by atoms with Crippen molar-refractivity contribution in [2.75, 3.05) is 52.4 Å². The topological polar surface area (TPSA) is 63.2 Å². The Morgan fingerprint density at radius 1 is 0.484 bits per heavy atom. The Morgan fingerprint density at radius 2 is 0.581 bits per heavy atom. The van der Waals surface area contributed by atoms with E-state index in [1.165, 1.54) is 113 Å². The Labute approximate surface area is 194 Å². The lowest BCUT2D eigenvalue weighted by Crippen LogP contribution is -2.50. The van der Waals surface area contributed by atoms with Crippen molar-refractivity contribution in [3.05, 3.63) is 0 Å². The largest absolute Gasteiger partial charge is 0.786 e. The smallest absolute Gasteiger partial charge is 0.110 e. The fraction of sp³-hybridized carbons (Fsp3) is 1.00. The van der Waals surface area contributed by atoms with E-state index in [9.17, 15) is 4.20 Å². The molecule has 0 aliphatic heterocycles. The van der Waals surface area contributed by atoms with Crippen LogP contribution in [-0.4, -0.2) is 61.3 Å². The summed E-state index contributed by atoms with van der Waals surface area (Å²) in [5.41, 5.74) is 0. The highest BCUT2D eigenvalue weighted by Gasteiger charge is 2.23. The predicted octanol–water partition coefficient (Wildman–Crippen LogP) is 5.67. The van der Waals surface area contributed by atoms with Crippen LogP contribution >= 0.6 is 7.91 Å². The van der Waals surface area contributed by atoms with Crippen LogP contribution in [0.1, 0.15) is 107 Å². The molecule has 7 heteroatoms. The normalized spacial score (nSPS) is 12.0. The molecule has 0 aromatic carbocycles. The molecule has 0 aromatic rings. The van der Waals surface area contributed by atoms with Crippen LogP contribution in [0.3, 0.4) is 0 Å². The Hall–Kier alpha value is -0.0000000000000000555. The first kappa shape index (κ1) is 35.6. The van der Waals surface area contributed by atoms with Gasteiger partial charge < -0.3 is 23.3 Å². The highest BCUT2D eigenvalue weighted by molar-refractivity contribution is 7.42. The van der Waals surface area contributed by atoms with Crippen molar-refractivity contribution < 1.29 is 27.5 Å². The summed E-state index contributed by atoms with van der Waals surface area (Å²) in [5, 5.41) is 0. The standard InChI is InChI=1S/2C12H28N.FH2O3P/c2*1-5-9-13(10-6-2,11-7-3)12-8-4;1-5(2,3)4/h2*5-12H2,1-4H3;(H2,2,3,4)/q2*+1;/p-2. The Morgan fingerprint density at radius 3 is 0.645 bits per heavy atom. The molecule has 0 rings (SSSR count). The fourth-order valence-electron chi connectivity index (χ4n) is 5.14. The maximum Gasteiger partial charge on any atom is 0.110 e. The van der Waals surface area contributed by atoms with E-state index in [4.69, 9.17) is 14.4 Å². The molecule has 0 atom stereocenters. The van der Waals surface area contributed by atoms with Gasteiger partial charge in [-0.15, -0.1) is 0 Å². The average molecular weight is 471 g/mol. The molecule has 5 nitrogen and oxygen atoms in total. The van der Waals surface area contributed by atoms with E-state index < -0.39 is 7.91 Å². The number of quaternary nitrogens is 2. The number of nitrogens with zero attached hydrogens (tertiary/aromatic N) is 2. The molecule has 0 aromatic heterocycles. The second-order valence-corrected chi connectivity index (χ2v) is 9.76. The van der Waals surface area contributed by atoms with Gasteiger partial charge in [0.15, 0.2) is 0 Å². The minimum atomic E-state index is -5.64. The van der Waals surface area contributed by atoms with Crippen molar-refractivity contribution in [3.63, 3.8) is 0 Å². The zero-order chi connectivity index (χ0) is 24.8. The van der Waals surface area contributed by atoms with Crippen LogP contribution in [0.15, 0.2) is 0 Å². The molecule has 0 aliphatic rings. The van der Waals surface area contributed by atoms with E-state index in [1.54, 1.807) is 0 Å². The lowest BCUT2D eigenvalue weighted by Gasteiger charge is -2.38. The van der Waals surface area contributed by atoms with Crippen molar-refractivity contribution in [3.8, 4) is 0 Å². The number of hydrogen-bond donors (Lipinski definition) is 0. The third-order valence-electron chi connectivity index (χ3n) is 5.58. The highest BCUT2D eigenvalue weighted by Crippen LogP contribution is 2.22. The van der Waals surface area contributed by atoms with Gasteiger partial charge in [0, 0.05) is 0 Å². The monoisotopic (exact) mass is 470 g/mol. The highest BCUT2D eigenvalue weighted by atomic mass is 31.2. The van der Waals surface area contributed by atoms with Crippen molar-refractivity contribution in [1.29, 1.82) is 0 Å². The van der Waals surface area contributed by atoms with Gasteiger partial charge >= 0.3 is 0 Å². The fourth-order valence-corrected chi connectivity index (χ4v) is 5.14. The first-order chi connectivity index (χ1) is 14.5. The first-order valence-corrected chi connectivity index (χ1v) is 14.3. The van der Waals surface area contributed by atoms with E-state index in [0.29, 0.717) is 0 Å². The molecule has 0 radical (unpaired) electrons. The summed E-state index contributed by atoms with van der Waals surface area (Å²) >= 11 is 0. The average Bonchev–Trinajstić information content (AvgIpc) is 2.63. The lowest BCUT2D eigenvalue weighted by molar-refractivity contribution is -0.928. The summed E-state index contributed by atoms with van der Waals surface area (Å²) in [6.07, 6.45) is 10.7. The molecule has 0 saturated carbocycles. The summed E-state index contributed by atoms with van der Waals surface area (Å²) < 4.78 is 21.3.